The zero-order valence-corrected chi connectivity index (χ0v) is 15.3. The number of aryl methyl sites for hydroxylation is 2. The van der Waals surface area contributed by atoms with Crippen molar-refractivity contribution in [3.05, 3.63) is 89.0 Å². The first-order valence-corrected chi connectivity index (χ1v) is 8.53. The smallest absolute Gasteiger partial charge is 0.321 e. The molecule has 0 aliphatic heterocycles. The van der Waals surface area contributed by atoms with Gasteiger partial charge in [0, 0.05) is 17.3 Å². The number of halogens is 3. The van der Waals surface area contributed by atoms with Crippen LogP contribution in [-0.2, 0) is 11.5 Å². The lowest BCUT2D eigenvalue weighted by Gasteiger charge is -2.33. The van der Waals surface area contributed by atoms with E-state index in [-0.39, 0.29) is 0 Å². The third kappa shape index (κ3) is 3.47. The van der Waals surface area contributed by atoms with Crippen molar-refractivity contribution in [1.29, 1.82) is 0 Å². The molecule has 0 saturated heterocycles. The number of hydrogen-bond donors (Lipinski definition) is 1. The number of nitrogens with zero attached hydrogens (tertiary/aromatic N) is 1. The highest BCUT2D eigenvalue weighted by Gasteiger charge is 2.53. The first kappa shape index (κ1) is 19.1. The molecule has 0 unspecified atom stereocenters. The molecule has 0 amide bonds. The SMILES string of the molecule is Cc1ccc(-c2ccc(C(F)(F)[C@@](C)(O)c3ccc(C)cc3F)nc2)cc1. The predicted molar refractivity (Wildman–Crippen MR) is 99.0 cm³/mol. The van der Waals surface area contributed by atoms with Crippen molar-refractivity contribution in [2.24, 2.45) is 0 Å². The standard InChI is InChI=1S/C22H20F3NO/c1-14-4-7-16(8-5-14)17-9-11-20(26-13-17)22(24,25)21(3,27)18-10-6-15(2)12-19(18)23/h4-13,27H,1-3H3/t21-/m0/s1. The number of alkyl halides is 2. The zero-order chi connectivity index (χ0) is 19.8. The topological polar surface area (TPSA) is 33.1 Å². The Morgan fingerprint density at radius 3 is 2.00 bits per heavy atom. The molecule has 0 radical (unpaired) electrons. The molecule has 0 spiro atoms. The van der Waals surface area contributed by atoms with Gasteiger partial charge < -0.3 is 5.11 Å². The molecule has 3 rings (SSSR count). The van der Waals surface area contributed by atoms with Crippen LogP contribution in [0, 0.1) is 19.7 Å². The largest absolute Gasteiger partial charge is 0.379 e. The highest BCUT2D eigenvalue weighted by Crippen LogP contribution is 2.45. The minimum absolute atomic E-state index is 0.470. The normalized spacial score (nSPS) is 14.0. The molecule has 0 aliphatic rings. The summed E-state index contributed by atoms with van der Waals surface area (Å²) in [4.78, 5) is 3.86. The van der Waals surface area contributed by atoms with Gasteiger partial charge in [0.1, 0.15) is 11.5 Å². The third-order valence-electron chi connectivity index (χ3n) is 4.73. The van der Waals surface area contributed by atoms with Gasteiger partial charge >= 0.3 is 5.92 Å². The van der Waals surface area contributed by atoms with Gasteiger partial charge in [-0.1, -0.05) is 48.0 Å². The minimum Gasteiger partial charge on any atom is -0.379 e. The Balaban J connectivity index is 1.97. The van der Waals surface area contributed by atoms with E-state index in [1.54, 1.807) is 6.92 Å². The predicted octanol–water partition coefficient (Wildman–Crippen LogP) is 5.50. The van der Waals surface area contributed by atoms with Crippen molar-refractivity contribution in [2.45, 2.75) is 32.3 Å². The number of pyridine rings is 1. The maximum absolute atomic E-state index is 15.0. The molecule has 27 heavy (non-hydrogen) atoms. The summed E-state index contributed by atoms with van der Waals surface area (Å²) in [6, 6.07) is 14.1. The molecule has 0 aliphatic carbocycles. The Hall–Kier alpha value is -2.66. The highest BCUT2D eigenvalue weighted by molar-refractivity contribution is 5.62. The molecule has 2 nitrogen and oxygen atoms in total. The first-order chi connectivity index (χ1) is 12.6. The Bertz CT molecular complexity index is 948. The Kier molecular flexibility index (Phi) is 4.82. The van der Waals surface area contributed by atoms with E-state index >= 15 is 8.78 Å². The molecule has 0 fully saturated rings. The lowest BCUT2D eigenvalue weighted by atomic mass is 9.86. The molecule has 0 saturated carbocycles. The van der Waals surface area contributed by atoms with Gasteiger partial charge in [-0.2, -0.15) is 8.78 Å². The van der Waals surface area contributed by atoms with Crippen molar-refractivity contribution < 1.29 is 18.3 Å². The lowest BCUT2D eigenvalue weighted by molar-refractivity contribution is -0.189. The van der Waals surface area contributed by atoms with Gasteiger partial charge in [0.05, 0.1) is 0 Å². The van der Waals surface area contributed by atoms with E-state index < -0.39 is 28.6 Å². The second-order valence-electron chi connectivity index (χ2n) is 6.93. The van der Waals surface area contributed by atoms with Gasteiger partial charge in [0.2, 0.25) is 0 Å². The number of hydrogen-bond acceptors (Lipinski definition) is 2. The van der Waals surface area contributed by atoms with Crippen LogP contribution in [0.5, 0.6) is 0 Å². The molecule has 140 valence electrons. The van der Waals surface area contributed by atoms with Crippen LogP contribution in [0.25, 0.3) is 11.1 Å². The molecular weight excluding hydrogens is 351 g/mol. The number of aromatic nitrogens is 1. The van der Waals surface area contributed by atoms with E-state index in [4.69, 9.17) is 0 Å². The average Bonchev–Trinajstić information content (AvgIpc) is 2.62. The average molecular weight is 371 g/mol. The van der Waals surface area contributed by atoms with Crippen molar-refractivity contribution in [3.8, 4) is 11.1 Å². The fraction of sp³-hybridized carbons (Fsp3) is 0.227. The van der Waals surface area contributed by atoms with E-state index in [2.05, 4.69) is 4.98 Å². The number of aliphatic hydroxyl groups is 1. The molecule has 1 N–H and O–H groups in total. The fourth-order valence-corrected chi connectivity index (χ4v) is 2.93. The van der Waals surface area contributed by atoms with Gasteiger partial charge in [-0.05, 0) is 44.0 Å². The van der Waals surface area contributed by atoms with Crippen LogP contribution in [-0.4, -0.2) is 10.1 Å². The van der Waals surface area contributed by atoms with E-state index in [0.29, 0.717) is 11.1 Å². The molecule has 3 aromatic rings. The Morgan fingerprint density at radius 1 is 0.852 bits per heavy atom. The van der Waals surface area contributed by atoms with Gasteiger partial charge in [-0.3, -0.25) is 4.98 Å². The van der Waals surface area contributed by atoms with Crippen LogP contribution < -0.4 is 0 Å². The van der Waals surface area contributed by atoms with E-state index in [1.165, 1.54) is 24.4 Å². The molecule has 5 heteroatoms. The third-order valence-corrected chi connectivity index (χ3v) is 4.73. The fourth-order valence-electron chi connectivity index (χ4n) is 2.93. The number of rotatable bonds is 4. The van der Waals surface area contributed by atoms with Crippen LogP contribution in [0.1, 0.15) is 29.3 Å². The molecule has 1 aromatic heterocycles. The van der Waals surface area contributed by atoms with Gasteiger partial charge in [0.15, 0.2) is 5.60 Å². The summed E-state index contributed by atoms with van der Waals surface area (Å²) in [5.41, 5.74) is -0.647. The van der Waals surface area contributed by atoms with Crippen LogP contribution in [0.2, 0.25) is 0 Å². The second-order valence-corrected chi connectivity index (χ2v) is 6.93. The molecule has 2 aromatic carbocycles. The van der Waals surface area contributed by atoms with Crippen LogP contribution in [0.4, 0.5) is 13.2 Å². The highest BCUT2D eigenvalue weighted by atomic mass is 19.3. The summed E-state index contributed by atoms with van der Waals surface area (Å²) in [6.07, 6.45) is 1.33. The monoisotopic (exact) mass is 371 g/mol. The van der Waals surface area contributed by atoms with Crippen LogP contribution in [0.3, 0.4) is 0 Å². The van der Waals surface area contributed by atoms with Gasteiger partial charge in [-0.15, -0.1) is 0 Å². The molecule has 1 heterocycles. The van der Waals surface area contributed by atoms with Crippen molar-refractivity contribution in [2.75, 3.05) is 0 Å². The van der Waals surface area contributed by atoms with Crippen molar-refractivity contribution in [1.82, 2.24) is 4.98 Å². The van der Waals surface area contributed by atoms with Crippen LogP contribution >= 0.6 is 0 Å². The van der Waals surface area contributed by atoms with Crippen LogP contribution in [0.15, 0.2) is 60.8 Å². The van der Waals surface area contributed by atoms with Crippen molar-refractivity contribution >= 4 is 0 Å². The summed E-state index contributed by atoms with van der Waals surface area (Å²) >= 11 is 0. The minimum atomic E-state index is -3.78. The zero-order valence-electron chi connectivity index (χ0n) is 15.3. The van der Waals surface area contributed by atoms with E-state index in [0.717, 1.165) is 30.2 Å². The number of benzene rings is 2. The molecular formula is C22H20F3NO. The molecule has 0 bridgehead atoms. The summed E-state index contributed by atoms with van der Waals surface area (Å²) in [5, 5.41) is 10.5. The quantitative estimate of drug-likeness (QED) is 0.656. The van der Waals surface area contributed by atoms with Gasteiger partial charge in [0.25, 0.3) is 0 Å². The second kappa shape index (κ2) is 6.82. The molecule has 1 atom stereocenters. The Morgan fingerprint density at radius 2 is 1.44 bits per heavy atom. The maximum Gasteiger partial charge on any atom is 0.321 e. The summed E-state index contributed by atoms with van der Waals surface area (Å²) < 4.78 is 44.2. The lowest BCUT2D eigenvalue weighted by Crippen LogP contribution is -2.42. The summed E-state index contributed by atoms with van der Waals surface area (Å²) in [6.45, 7) is 4.50. The van der Waals surface area contributed by atoms with E-state index in [1.807, 2.05) is 31.2 Å². The maximum atomic E-state index is 15.0. The summed E-state index contributed by atoms with van der Waals surface area (Å²) in [7, 11) is 0. The summed E-state index contributed by atoms with van der Waals surface area (Å²) in [5.74, 6) is -4.66. The Labute approximate surface area is 156 Å². The van der Waals surface area contributed by atoms with E-state index in [9.17, 15) is 9.50 Å². The van der Waals surface area contributed by atoms with Crippen molar-refractivity contribution in [3.63, 3.8) is 0 Å². The first-order valence-electron chi connectivity index (χ1n) is 8.53. The van der Waals surface area contributed by atoms with Gasteiger partial charge in [-0.25, -0.2) is 4.39 Å².